The molecule has 5 heteroatoms. The van der Waals surface area contributed by atoms with Crippen LogP contribution in [-0.2, 0) is 5.41 Å². The maximum absolute atomic E-state index is 9.39. The number of hydrogen-bond donors (Lipinski definition) is 0. The molecule has 49 heavy (non-hydrogen) atoms. The standard InChI is InChI=1S/C44H34N4S/c45-26-27-9-15-37-38-16-12-34(22-40(38)49-39(37)20-27)33-7-4-8-35(21-33)43-47-41(31-5-2-1-3-6-31)46-42(48-43)32-10-13-36(14-11-32)44-23-28-17-29(24-44)19-30(18-28)25-44/h1-16,20-22,28-30H,17-19,23-25H2. The number of hydrogen-bond acceptors (Lipinski definition) is 5. The second-order valence-electron chi connectivity index (χ2n) is 14.7. The van der Waals surface area contributed by atoms with Gasteiger partial charge >= 0.3 is 0 Å². The Balaban J connectivity index is 1.03. The topological polar surface area (TPSA) is 62.5 Å². The largest absolute Gasteiger partial charge is 0.208 e. The molecule has 4 aliphatic carbocycles. The molecule has 0 spiro atoms. The van der Waals surface area contributed by atoms with Crippen molar-refractivity contribution >= 4 is 31.5 Å². The quantitative estimate of drug-likeness (QED) is 0.186. The van der Waals surface area contributed by atoms with Crippen molar-refractivity contribution in [1.82, 2.24) is 15.0 Å². The summed E-state index contributed by atoms with van der Waals surface area (Å²) in [6.45, 7) is 0. The molecule has 0 radical (unpaired) electrons. The average molecular weight is 651 g/mol. The summed E-state index contributed by atoms with van der Waals surface area (Å²) in [6, 6.07) is 42.8. The van der Waals surface area contributed by atoms with Crippen LogP contribution in [0.1, 0.15) is 49.7 Å². The van der Waals surface area contributed by atoms with E-state index in [1.807, 2.05) is 30.3 Å². The van der Waals surface area contributed by atoms with Crippen LogP contribution in [-0.4, -0.2) is 15.0 Å². The second-order valence-corrected chi connectivity index (χ2v) is 15.7. The summed E-state index contributed by atoms with van der Waals surface area (Å²) < 4.78 is 2.34. The van der Waals surface area contributed by atoms with Gasteiger partial charge in [-0.15, -0.1) is 11.3 Å². The lowest BCUT2D eigenvalue weighted by Gasteiger charge is -2.57. The first-order valence-corrected chi connectivity index (χ1v) is 18.3. The molecule has 0 unspecified atom stereocenters. The molecule has 4 nitrogen and oxygen atoms in total. The van der Waals surface area contributed by atoms with Gasteiger partial charge in [-0.3, -0.25) is 0 Å². The van der Waals surface area contributed by atoms with Gasteiger partial charge in [0.2, 0.25) is 0 Å². The number of benzene rings is 5. The summed E-state index contributed by atoms with van der Waals surface area (Å²) in [5.74, 6) is 4.82. The van der Waals surface area contributed by atoms with Crippen LogP contribution in [0.3, 0.4) is 0 Å². The van der Waals surface area contributed by atoms with Crippen molar-refractivity contribution < 1.29 is 0 Å². The smallest absolute Gasteiger partial charge is 0.164 e. The van der Waals surface area contributed by atoms with Crippen molar-refractivity contribution in [2.24, 2.45) is 17.8 Å². The third kappa shape index (κ3) is 4.97. The molecular weight excluding hydrogens is 617 g/mol. The lowest BCUT2D eigenvalue weighted by Crippen LogP contribution is -2.48. The van der Waals surface area contributed by atoms with Gasteiger partial charge in [0.25, 0.3) is 0 Å². The van der Waals surface area contributed by atoms with Gasteiger partial charge in [0.1, 0.15) is 0 Å². The van der Waals surface area contributed by atoms with E-state index in [1.54, 1.807) is 11.3 Å². The normalized spacial score (nSPS) is 22.5. The molecule has 2 aromatic heterocycles. The van der Waals surface area contributed by atoms with Crippen LogP contribution in [0.2, 0.25) is 0 Å². The van der Waals surface area contributed by atoms with Crippen molar-refractivity contribution in [2.45, 2.75) is 43.9 Å². The Morgan fingerprint density at radius 1 is 0.531 bits per heavy atom. The summed E-state index contributed by atoms with van der Waals surface area (Å²) in [4.78, 5) is 15.2. The number of nitriles is 1. The molecule has 11 rings (SSSR count). The van der Waals surface area contributed by atoms with Gasteiger partial charge in [0.15, 0.2) is 17.5 Å². The highest BCUT2D eigenvalue weighted by Crippen LogP contribution is 2.60. The third-order valence-electron chi connectivity index (χ3n) is 11.5. The number of nitrogens with zero attached hydrogens (tertiary/aromatic N) is 4. The highest BCUT2D eigenvalue weighted by atomic mass is 32.1. The van der Waals surface area contributed by atoms with Crippen molar-refractivity contribution in [3.05, 3.63) is 126 Å². The first-order chi connectivity index (χ1) is 24.1. The minimum atomic E-state index is 0.367. The van der Waals surface area contributed by atoms with E-state index in [4.69, 9.17) is 15.0 Å². The summed E-state index contributed by atoms with van der Waals surface area (Å²) in [7, 11) is 0. The van der Waals surface area contributed by atoms with Gasteiger partial charge < -0.3 is 0 Å². The van der Waals surface area contributed by atoms with Crippen LogP contribution in [0.15, 0.2) is 115 Å². The Morgan fingerprint density at radius 2 is 1.06 bits per heavy atom. The van der Waals surface area contributed by atoms with Crippen molar-refractivity contribution in [3.63, 3.8) is 0 Å². The van der Waals surface area contributed by atoms with Crippen molar-refractivity contribution in [3.8, 4) is 51.4 Å². The molecule has 0 atom stereocenters. The number of fused-ring (bicyclic) bond motifs is 3. The van der Waals surface area contributed by atoms with Crippen LogP contribution in [0.4, 0.5) is 0 Å². The minimum absolute atomic E-state index is 0.367. The molecule has 0 N–H and O–H groups in total. The van der Waals surface area contributed by atoms with Gasteiger partial charge in [0.05, 0.1) is 11.6 Å². The number of aromatic nitrogens is 3. The highest BCUT2D eigenvalue weighted by molar-refractivity contribution is 7.25. The molecule has 0 aliphatic heterocycles. The van der Waals surface area contributed by atoms with Gasteiger partial charge in [-0.1, -0.05) is 91.0 Å². The lowest BCUT2D eigenvalue weighted by atomic mass is 9.48. The van der Waals surface area contributed by atoms with E-state index in [0.29, 0.717) is 28.5 Å². The first-order valence-electron chi connectivity index (χ1n) is 17.5. The van der Waals surface area contributed by atoms with E-state index in [-0.39, 0.29) is 0 Å². The second kappa shape index (κ2) is 11.2. The van der Waals surface area contributed by atoms with Gasteiger partial charge in [-0.2, -0.15) is 5.26 Å². The Hall–Kier alpha value is -5.18. The van der Waals surface area contributed by atoms with Gasteiger partial charge in [-0.25, -0.2) is 15.0 Å². The summed E-state index contributed by atoms with van der Waals surface area (Å²) in [5.41, 5.74) is 7.78. The maximum Gasteiger partial charge on any atom is 0.164 e. The third-order valence-corrected chi connectivity index (χ3v) is 12.6. The molecule has 4 fully saturated rings. The molecule has 236 valence electrons. The van der Waals surface area contributed by atoms with Crippen LogP contribution >= 0.6 is 11.3 Å². The van der Waals surface area contributed by atoms with E-state index in [0.717, 1.165) is 50.3 Å². The Morgan fingerprint density at radius 3 is 1.73 bits per heavy atom. The summed E-state index contributed by atoms with van der Waals surface area (Å²) >= 11 is 1.73. The van der Waals surface area contributed by atoms with E-state index in [9.17, 15) is 5.26 Å². The molecule has 4 aliphatic rings. The summed E-state index contributed by atoms with van der Waals surface area (Å²) in [6.07, 6.45) is 8.46. The first kappa shape index (κ1) is 28.8. The fraction of sp³-hybridized carbons (Fsp3) is 0.227. The Labute approximate surface area is 290 Å². The molecule has 5 aromatic carbocycles. The molecular formula is C44H34N4S. The minimum Gasteiger partial charge on any atom is -0.208 e. The Kier molecular flexibility index (Phi) is 6.57. The van der Waals surface area contributed by atoms with Crippen LogP contribution in [0.5, 0.6) is 0 Å². The van der Waals surface area contributed by atoms with Gasteiger partial charge in [0, 0.05) is 36.9 Å². The average Bonchev–Trinajstić information content (AvgIpc) is 3.52. The van der Waals surface area contributed by atoms with Crippen LogP contribution in [0.25, 0.3) is 65.5 Å². The zero-order chi connectivity index (χ0) is 32.5. The predicted molar refractivity (Wildman–Crippen MR) is 199 cm³/mol. The van der Waals surface area contributed by atoms with E-state index >= 15 is 0 Å². The molecule has 0 saturated heterocycles. The predicted octanol–water partition coefficient (Wildman–Crippen LogP) is 11.2. The van der Waals surface area contributed by atoms with Gasteiger partial charge in [-0.05, 0) is 103 Å². The fourth-order valence-electron chi connectivity index (χ4n) is 9.65. The van der Waals surface area contributed by atoms with E-state index in [1.165, 1.54) is 59.6 Å². The lowest BCUT2D eigenvalue weighted by molar-refractivity contribution is -0.00518. The number of rotatable bonds is 5. The maximum atomic E-state index is 9.39. The monoisotopic (exact) mass is 650 g/mol. The van der Waals surface area contributed by atoms with E-state index in [2.05, 4.69) is 91.0 Å². The fourth-order valence-corrected chi connectivity index (χ4v) is 10.8. The Bertz CT molecular complexity index is 2400. The van der Waals surface area contributed by atoms with Crippen molar-refractivity contribution in [1.29, 1.82) is 5.26 Å². The van der Waals surface area contributed by atoms with Crippen molar-refractivity contribution in [2.75, 3.05) is 0 Å². The molecule has 7 aromatic rings. The molecule has 0 amide bonds. The van der Waals surface area contributed by atoms with Crippen LogP contribution < -0.4 is 0 Å². The SMILES string of the molecule is N#Cc1ccc2c(c1)sc1cc(-c3cccc(-c4nc(-c5ccccc5)nc(-c5ccc(C67CC8CC(CC(C8)C6)C7)cc5)n4)c3)ccc12. The van der Waals surface area contributed by atoms with Crippen LogP contribution in [0, 0.1) is 29.1 Å². The highest BCUT2D eigenvalue weighted by Gasteiger charge is 2.51. The summed E-state index contributed by atoms with van der Waals surface area (Å²) in [5, 5.41) is 11.8. The number of thiophene rings is 1. The zero-order valence-corrected chi connectivity index (χ0v) is 28.0. The zero-order valence-electron chi connectivity index (χ0n) is 27.1. The molecule has 4 saturated carbocycles. The molecule has 2 heterocycles. The molecule has 4 bridgehead atoms. The van der Waals surface area contributed by atoms with E-state index < -0.39 is 0 Å².